The molecule has 0 saturated carbocycles. The first-order chi connectivity index (χ1) is 17.8. The van der Waals surface area contributed by atoms with Gasteiger partial charge in [-0.15, -0.1) is 0 Å². The molecule has 0 spiro atoms. The number of hydrogen-bond donors (Lipinski definition) is 0. The largest absolute Gasteiger partial charge is 0.484 e. The van der Waals surface area contributed by atoms with Gasteiger partial charge in [0.25, 0.3) is 11.8 Å². The molecule has 0 saturated heterocycles. The van der Waals surface area contributed by atoms with Crippen LogP contribution >= 0.6 is 0 Å². The van der Waals surface area contributed by atoms with Crippen LogP contribution in [0.2, 0.25) is 0 Å². The summed E-state index contributed by atoms with van der Waals surface area (Å²) in [4.78, 5) is 43.8. The maximum Gasteiger partial charge on any atom is 0.259 e. The number of rotatable bonds is 7. The maximum atomic E-state index is 13.7. The number of fused-ring (bicyclic) bond motifs is 1. The van der Waals surface area contributed by atoms with Gasteiger partial charge in [-0.1, -0.05) is 43.3 Å². The van der Waals surface area contributed by atoms with Gasteiger partial charge >= 0.3 is 0 Å². The SMILES string of the molecule is CCC(=O)N(c1ccccc1)[C@H]1CC(C)N(C(=O)c2ccc(OCC(=O)N(C)C)cc2)c2ccccc21. The predicted molar refractivity (Wildman–Crippen MR) is 145 cm³/mol. The Kier molecular flexibility index (Phi) is 7.92. The number of para-hydroxylation sites is 2. The molecule has 0 fully saturated rings. The number of carbonyl (C=O) groups excluding carboxylic acids is 3. The van der Waals surface area contributed by atoms with Crippen LogP contribution in [-0.4, -0.2) is 49.4 Å². The smallest absolute Gasteiger partial charge is 0.259 e. The van der Waals surface area contributed by atoms with Gasteiger partial charge < -0.3 is 19.4 Å². The van der Waals surface area contributed by atoms with Crippen molar-refractivity contribution in [2.45, 2.75) is 38.8 Å². The lowest BCUT2D eigenvalue weighted by Gasteiger charge is -2.43. The molecule has 0 N–H and O–H groups in total. The minimum absolute atomic E-state index is 0.0429. The van der Waals surface area contributed by atoms with Gasteiger partial charge in [-0.2, -0.15) is 0 Å². The maximum absolute atomic E-state index is 13.7. The molecule has 0 radical (unpaired) electrons. The second kappa shape index (κ2) is 11.3. The Bertz CT molecular complexity index is 1260. The van der Waals surface area contributed by atoms with E-state index in [4.69, 9.17) is 4.74 Å². The molecule has 0 aliphatic carbocycles. The molecule has 1 heterocycles. The molecule has 0 bridgehead atoms. The quantitative estimate of drug-likeness (QED) is 0.455. The van der Waals surface area contributed by atoms with Gasteiger partial charge in [0.05, 0.1) is 6.04 Å². The summed E-state index contributed by atoms with van der Waals surface area (Å²) in [5, 5.41) is 0. The molecular formula is C30H33N3O4. The Hall–Kier alpha value is -4.13. The summed E-state index contributed by atoms with van der Waals surface area (Å²) < 4.78 is 5.55. The number of carbonyl (C=O) groups is 3. The molecule has 192 valence electrons. The van der Waals surface area contributed by atoms with Crippen molar-refractivity contribution in [3.63, 3.8) is 0 Å². The summed E-state index contributed by atoms with van der Waals surface area (Å²) in [5.41, 5.74) is 3.13. The van der Waals surface area contributed by atoms with Gasteiger partial charge in [-0.25, -0.2) is 0 Å². The summed E-state index contributed by atoms with van der Waals surface area (Å²) in [6.45, 7) is 3.83. The van der Waals surface area contributed by atoms with E-state index in [0.29, 0.717) is 24.2 Å². The highest BCUT2D eigenvalue weighted by atomic mass is 16.5. The molecule has 2 atom stereocenters. The lowest BCUT2D eigenvalue weighted by atomic mass is 9.89. The van der Waals surface area contributed by atoms with Crippen molar-refractivity contribution in [3.05, 3.63) is 90.0 Å². The molecule has 7 heteroatoms. The van der Waals surface area contributed by atoms with Crippen LogP contribution in [0.15, 0.2) is 78.9 Å². The third-order valence-electron chi connectivity index (χ3n) is 6.66. The molecule has 3 amide bonds. The molecule has 7 nitrogen and oxygen atoms in total. The Morgan fingerprint density at radius 2 is 1.54 bits per heavy atom. The van der Waals surface area contributed by atoms with E-state index in [2.05, 4.69) is 0 Å². The number of ether oxygens (including phenoxy) is 1. The van der Waals surface area contributed by atoms with E-state index in [-0.39, 0.29) is 36.4 Å². The van der Waals surface area contributed by atoms with Crippen LogP contribution < -0.4 is 14.5 Å². The highest BCUT2D eigenvalue weighted by Crippen LogP contribution is 2.43. The first-order valence-electron chi connectivity index (χ1n) is 12.5. The number of anilines is 2. The normalized spacial score (nSPS) is 16.5. The average Bonchev–Trinajstić information content (AvgIpc) is 2.92. The van der Waals surface area contributed by atoms with Crippen molar-refractivity contribution in [2.75, 3.05) is 30.5 Å². The van der Waals surface area contributed by atoms with Gasteiger partial charge in [0.2, 0.25) is 5.91 Å². The summed E-state index contributed by atoms with van der Waals surface area (Å²) in [6, 6.07) is 24.0. The highest BCUT2D eigenvalue weighted by molar-refractivity contribution is 6.07. The Labute approximate surface area is 218 Å². The minimum Gasteiger partial charge on any atom is -0.484 e. The van der Waals surface area contributed by atoms with Crippen LogP contribution in [0.25, 0.3) is 0 Å². The van der Waals surface area contributed by atoms with Gasteiger partial charge in [0.15, 0.2) is 6.61 Å². The molecule has 1 aliphatic rings. The van der Waals surface area contributed by atoms with E-state index >= 15 is 0 Å². The summed E-state index contributed by atoms with van der Waals surface area (Å²) in [7, 11) is 3.35. The summed E-state index contributed by atoms with van der Waals surface area (Å²) in [6.07, 6.45) is 0.996. The lowest BCUT2D eigenvalue weighted by Crippen LogP contribution is -2.47. The molecule has 1 aliphatic heterocycles. The van der Waals surface area contributed by atoms with Crippen molar-refractivity contribution in [1.29, 1.82) is 0 Å². The Morgan fingerprint density at radius 1 is 0.892 bits per heavy atom. The molecule has 3 aromatic rings. The minimum atomic E-state index is -0.185. The zero-order chi connectivity index (χ0) is 26.5. The van der Waals surface area contributed by atoms with E-state index in [1.54, 1.807) is 38.4 Å². The number of nitrogens with zero attached hydrogens (tertiary/aromatic N) is 3. The van der Waals surface area contributed by atoms with Gasteiger partial charge in [-0.3, -0.25) is 14.4 Å². The van der Waals surface area contributed by atoms with Crippen molar-refractivity contribution in [2.24, 2.45) is 0 Å². The zero-order valence-electron chi connectivity index (χ0n) is 21.8. The monoisotopic (exact) mass is 499 g/mol. The number of amides is 3. The first-order valence-corrected chi connectivity index (χ1v) is 12.5. The third kappa shape index (κ3) is 5.50. The molecule has 3 aromatic carbocycles. The third-order valence-corrected chi connectivity index (χ3v) is 6.66. The Balaban J connectivity index is 1.63. The van der Waals surface area contributed by atoms with E-state index in [9.17, 15) is 14.4 Å². The lowest BCUT2D eigenvalue weighted by molar-refractivity contribution is -0.130. The highest BCUT2D eigenvalue weighted by Gasteiger charge is 2.38. The van der Waals surface area contributed by atoms with Crippen LogP contribution in [0.3, 0.4) is 0 Å². The fourth-order valence-electron chi connectivity index (χ4n) is 4.70. The van der Waals surface area contributed by atoms with Gasteiger partial charge in [-0.05, 0) is 61.4 Å². The molecule has 0 aromatic heterocycles. The van der Waals surface area contributed by atoms with E-state index in [1.807, 2.05) is 78.2 Å². The van der Waals surface area contributed by atoms with Crippen LogP contribution in [0.5, 0.6) is 5.75 Å². The molecule has 4 rings (SSSR count). The summed E-state index contributed by atoms with van der Waals surface area (Å²) in [5.74, 6) is 0.304. The second-order valence-corrected chi connectivity index (χ2v) is 9.39. The Morgan fingerprint density at radius 3 is 2.19 bits per heavy atom. The number of hydrogen-bond acceptors (Lipinski definition) is 4. The van der Waals surface area contributed by atoms with Crippen LogP contribution in [-0.2, 0) is 9.59 Å². The molecular weight excluding hydrogens is 466 g/mol. The fraction of sp³-hybridized carbons (Fsp3) is 0.300. The zero-order valence-corrected chi connectivity index (χ0v) is 21.8. The van der Waals surface area contributed by atoms with E-state index in [0.717, 1.165) is 16.9 Å². The predicted octanol–water partition coefficient (Wildman–Crippen LogP) is 5.08. The van der Waals surface area contributed by atoms with Gasteiger partial charge in [0, 0.05) is 43.5 Å². The van der Waals surface area contributed by atoms with Gasteiger partial charge in [0.1, 0.15) is 5.75 Å². The van der Waals surface area contributed by atoms with Crippen molar-refractivity contribution < 1.29 is 19.1 Å². The molecule has 1 unspecified atom stereocenters. The van der Waals surface area contributed by atoms with Crippen LogP contribution in [0.1, 0.15) is 48.7 Å². The van der Waals surface area contributed by atoms with Crippen molar-refractivity contribution in [1.82, 2.24) is 4.90 Å². The van der Waals surface area contributed by atoms with Crippen LogP contribution in [0, 0.1) is 0 Å². The standard InChI is InChI=1S/C30H33N3O4/c1-5-28(34)33(23-11-7-6-8-12-23)27-19-21(2)32(26-14-10-9-13-25(26)27)30(36)22-15-17-24(18-16-22)37-20-29(35)31(3)4/h6-18,21,27H,5,19-20H2,1-4H3/t21?,27-/m0/s1. The van der Waals surface area contributed by atoms with Crippen molar-refractivity contribution in [3.8, 4) is 5.75 Å². The van der Waals surface area contributed by atoms with Crippen molar-refractivity contribution >= 4 is 29.1 Å². The second-order valence-electron chi connectivity index (χ2n) is 9.39. The van der Waals surface area contributed by atoms with E-state index in [1.165, 1.54) is 4.90 Å². The fourth-order valence-corrected chi connectivity index (χ4v) is 4.70. The average molecular weight is 500 g/mol. The van der Waals surface area contributed by atoms with E-state index < -0.39 is 0 Å². The summed E-state index contributed by atoms with van der Waals surface area (Å²) >= 11 is 0. The van der Waals surface area contributed by atoms with Crippen LogP contribution in [0.4, 0.5) is 11.4 Å². The first kappa shape index (κ1) is 25.9. The number of likely N-dealkylation sites (N-methyl/N-ethyl adjacent to an activating group) is 1. The number of benzene rings is 3. The topological polar surface area (TPSA) is 70.2 Å². The molecule has 37 heavy (non-hydrogen) atoms.